The minimum absolute atomic E-state index is 0. The number of halogens is 3. The van der Waals surface area contributed by atoms with E-state index in [1.165, 1.54) is 158 Å². The van der Waals surface area contributed by atoms with E-state index in [4.69, 9.17) is 0 Å². The second-order valence-corrected chi connectivity index (χ2v) is 11.5. The molecule has 5 heteroatoms. The molecule has 2 nitrogen and oxygen atoms in total. The van der Waals surface area contributed by atoms with Gasteiger partial charge in [-0.1, -0.05) is 112 Å². The summed E-state index contributed by atoms with van der Waals surface area (Å²) in [5, 5.41) is 1.17. The van der Waals surface area contributed by atoms with Crippen LogP contribution in [-0.4, -0.2) is 10.3 Å². The van der Waals surface area contributed by atoms with Gasteiger partial charge in [-0.2, -0.15) is 0 Å². The molecule has 2 aromatic heterocycles. The summed E-state index contributed by atoms with van der Waals surface area (Å²) in [6.07, 6.45) is 37.4. The van der Waals surface area contributed by atoms with E-state index in [0.29, 0.717) is 0 Å². The highest BCUT2D eigenvalue weighted by molar-refractivity contribution is 9.09. The predicted molar refractivity (Wildman–Crippen MR) is 170 cm³/mol. The topological polar surface area (TPSA) is 16.8 Å². The van der Waals surface area contributed by atoms with E-state index in [9.17, 15) is 0 Å². The Morgan fingerprint density at radius 2 is 1.05 bits per heavy atom. The minimum atomic E-state index is 0. The van der Waals surface area contributed by atoms with Crippen LogP contribution in [-0.2, 0) is 19.4 Å². The van der Waals surface area contributed by atoms with Gasteiger partial charge in [-0.05, 0) is 56.2 Å². The zero-order valence-electron chi connectivity index (χ0n) is 23.9. The minimum Gasteiger partial charge on any atom is -1.00 e. The summed E-state index contributed by atoms with van der Waals surface area (Å²) < 4.78 is 2.42. The largest absolute Gasteiger partial charge is 1.00 e. The third-order valence-corrected chi connectivity index (χ3v) is 7.93. The molecule has 0 saturated carbocycles. The summed E-state index contributed by atoms with van der Waals surface area (Å²) in [7, 11) is 0. The maximum atomic E-state index is 4.20. The number of hydrogen-bond donors (Lipinski definition) is 0. The molecule has 0 atom stereocenters. The third kappa shape index (κ3) is 21.5. The second-order valence-electron chi connectivity index (χ2n) is 10.7. The summed E-state index contributed by atoms with van der Waals surface area (Å²) in [5.74, 6) is 0. The first-order valence-corrected chi connectivity index (χ1v) is 16.4. The molecule has 38 heavy (non-hydrogen) atoms. The van der Waals surface area contributed by atoms with Crippen molar-refractivity contribution in [1.82, 2.24) is 4.98 Å². The van der Waals surface area contributed by atoms with Crippen molar-refractivity contribution in [2.45, 2.75) is 141 Å². The van der Waals surface area contributed by atoms with Crippen molar-refractivity contribution in [3.63, 3.8) is 0 Å². The van der Waals surface area contributed by atoms with Crippen molar-refractivity contribution < 1.29 is 21.5 Å². The van der Waals surface area contributed by atoms with Gasteiger partial charge in [0.2, 0.25) is 0 Å². The van der Waals surface area contributed by atoms with E-state index in [-0.39, 0.29) is 34.0 Å². The molecule has 2 aromatic rings. The number of nitrogens with zero attached hydrogens (tertiary/aromatic N) is 2. The highest BCUT2D eigenvalue weighted by Crippen LogP contribution is 2.13. The molecule has 0 fully saturated rings. The molecule has 218 valence electrons. The van der Waals surface area contributed by atoms with Crippen molar-refractivity contribution in [2.24, 2.45) is 0 Å². The van der Waals surface area contributed by atoms with Gasteiger partial charge in [0.1, 0.15) is 6.54 Å². The zero-order chi connectivity index (χ0) is 25.4. The van der Waals surface area contributed by atoms with Crippen molar-refractivity contribution >= 4 is 32.9 Å². The average molecular weight is 720 g/mol. The first kappa shape index (κ1) is 37.7. The highest BCUT2D eigenvalue weighted by Gasteiger charge is 2.03. The molecule has 0 radical (unpaired) electrons. The molecular weight excluding hydrogens is 664 g/mol. The number of pyridine rings is 2. The third-order valence-electron chi connectivity index (χ3n) is 7.37. The maximum Gasteiger partial charge on any atom is 0.171 e. The fraction of sp³-hybridized carbons (Fsp3) is 0.697. The Bertz CT molecular complexity index is 742. The lowest BCUT2D eigenvalue weighted by molar-refractivity contribution is -0.697. The van der Waals surface area contributed by atoms with Crippen LogP contribution in [0.2, 0.25) is 0 Å². The number of aromatic nitrogens is 2. The maximum absolute atomic E-state index is 4.20. The quantitative estimate of drug-likeness (QED) is 0.0623. The summed E-state index contributed by atoms with van der Waals surface area (Å²) in [5.41, 5.74) is 2.91. The SMILES string of the molecule is Br.BrCCCCCCCCCCc1ccc[n+](CCCCCCCCCCCCCc2cccnc2)c1.[Br-]. The van der Waals surface area contributed by atoms with Crippen LogP contribution in [0.15, 0.2) is 49.1 Å². The van der Waals surface area contributed by atoms with Crippen molar-refractivity contribution in [2.75, 3.05) is 5.33 Å². The second kappa shape index (κ2) is 28.3. The van der Waals surface area contributed by atoms with Gasteiger partial charge in [0.15, 0.2) is 12.4 Å². The smallest absolute Gasteiger partial charge is 0.171 e. The fourth-order valence-corrected chi connectivity index (χ4v) is 5.50. The molecule has 0 aromatic carbocycles. The van der Waals surface area contributed by atoms with E-state index in [2.05, 4.69) is 56.1 Å². The summed E-state index contributed by atoms with van der Waals surface area (Å²) in [4.78, 5) is 4.20. The zero-order valence-corrected chi connectivity index (χ0v) is 28.8. The molecule has 0 unspecified atom stereocenters. The van der Waals surface area contributed by atoms with E-state index >= 15 is 0 Å². The molecule has 0 amide bonds. The van der Waals surface area contributed by atoms with E-state index in [1.807, 2.05) is 18.5 Å². The number of alkyl halides is 1. The fourth-order valence-electron chi connectivity index (χ4n) is 5.11. The van der Waals surface area contributed by atoms with Crippen LogP contribution in [0, 0.1) is 0 Å². The van der Waals surface area contributed by atoms with Gasteiger partial charge in [0.05, 0.1) is 0 Å². The van der Waals surface area contributed by atoms with Gasteiger partial charge >= 0.3 is 0 Å². The molecule has 0 spiro atoms. The van der Waals surface area contributed by atoms with Gasteiger partial charge in [-0.25, -0.2) is 4.57 Å². The van der Waals surface area contributed by atoms with E-state index in [0.717, 1.165) is 0 Å². The molecule has 2 rings (SSSR count). The molecule has 2 heterocycles. The Kier molecular flexibility index (Phi) is 28.1. The predicted octanol–water partition coefficient (Wildman–Crippen LogP) is 7.54. The van der Waals surface area contributed by atoms with E-state index in [1.54, 1.807) is 0 Å². The molecule has 0 N–H and O–H groups in total. The first-order valence-electron chi connectivity index (χ1n) is 15.3. The van der Waals surface area contributed by atoms with Crippen LogP contribution in [0.5, 0.6) is 0 Å². The Balaban J connectivity index is 0.00000684. The van der Waals surface area contributed by atoms with Gasteiger partial charge in [0, 0.05) is 35.8 Å². The molecular formula is C33H55Br3N2. The number of unbranched alkanes of at least 4 members (excludes halogenated alkanes) is 17. The van der Waals surface area contributed by atoms with Crippen molar-refractivity contribution in [3.8, 4) is 0 Å². The summed E-state index contributed by atoms with van der Waals surface area (Å²) >= 11 is 3.52. The van der Waals surface area contributed by atoms with Gasteiger partial charge in [0.25, 0.3) is 0 Å². The van der Waals surface area contributed by atoms with Crippen LogP contribution >= 0.6 is 32.9 Å². The molecule has 0 aliphatic carbocycles. The normalized spacial score (nSPS) is 10.7. The Morgan fingerprint density at radius 3 is 1.58 bits per heavy atom. The number of aryl methyl sites for hydroxylation is 3. The first-order chi connectivity index (χ1) is 17.9. The van der Waals surface area contributed by atoms with Gasteiger partial charge in [-0.15, -0.1) is 17.0 Å². The lowest BCUT2D eigenvalue weighted by Crippen LogP contribution is -3.00. The monoisotopic (exact) mass is 716 g/mol. The van der Waals surface area contributed by atoms with Crippen molar-refractivity contribution in [1.29, 1.82) is 0 Å². The van der Waals surface area contributed by atoms with Gasteiger partial charge < -0.3 is 17.0 Å². The van der Waals surface area contributed by atoms with Crippen LogP contribution in [0.3, 0.4) is 0 Å². The Hall–Kier alpha value is -0.260. The van der Waals surface area contributed by atoms with Gasteiger partial charge in [-0.3, -0.25) is 4.98 Å². The lowest BCUT2D eigenvalue weighted by atomic mass is 10.0. The summed E-state index contributed by atoms with van der Waals surface area (Å²) in [6.45, 7) is 1.18. The number of hydrogen-bond acceptors (Lipinski definition) is 1. The van der Waals surface area contributed by atoms with Crippen LogP contribution < -0.4 is 21.5 Å². The molecule has 0 saturated heterocycles. The molecule has 0 aliphatic rings. The average Bonchev–Trinajstić information content (AvgIpc) is 2.91. The van der Waals surface area contributed by atoms with E-state index < -0.39 is 0 Å². The molecule has 0 aliphatic heterocycles. The summed E-state index contributed by atoms with van der Waals surface area (Å²) in [6, 6.07) is 8.81. The van der Waals surface area contributed by atoms with Crippen LogP contribution in [0.25, 0.3) is 0 Å². The lowest BCUT2D eigenvalue weighted by Gasteiger charge is -2.04. The van der Waals surface area contributed by atoms with Crippen LogP contribution in [0.4, 0.5) is 0 Å². The Labute approximate surface area is 264 Å². The standard InChI is InChI=1S/C33H54BrN2.2BrH/c34-26-18-14-10-6-5-9-13-17-23-33-25-21-29-36(31-33)28-19-15-11-7-3-1-2-4-8-12-16-22-32-24-20-27-35-30-32;;/h20-21,24-25,27,29-31H,1-19,22-23,26,28H2;2*1H/q+1;;/p-1. The molecule has 0 bridgehead atoms. The highest BCUT2D eigenvalue weighted by atomic mass is 79.9. The van der Waals surface area contributed by atoms with Crippen molar-refractivity contribution in [3.05, 3.63) is 60.2 Å². The van der Waals surface area contributed by atoms with Crippen LogP contribution in [0.1, 0.15) is 133 Å². The Morgan fingerprint density at radius 1 is 0.579 bits per heavy atom. The number of rotatable bonds is 24.